The van der Waals surface area contributed by atoms with Gasteiger partial charge in [0.15, 0.2) is 11.5 Å². The second kappa shape index (κ2) is 7.29. The fourth-order valence-corrected chi connectivity index (χ4v) is 2.22. The Morgan fingerprint density at radius 2 is 1.75 bits per heavy atom. The van der Waals surface area contributed by atoms with Gasteiger partial charge in [-0.25, -0.2) is 0 Å². The van der Waals surface area contributed by atoms with Gasteiger partial charge in [-0.2, -0.15) is 8.78 Å². The fraction of sp³-hybridized carbons (Fsp3) is 0.278. The summed E-state index contributed by atoms with van der Waals surface area (Å²) in [4.78, 5) is 12.6. The highest BCUT2D eigenvalue weighted by atomic mass is 19.3. The van der Waals surface area contributed by atoms with Crippen LogP contribution in [0.2, 0.25) is 0 Å². The summed E-state index contributed by atoms with van der Waals surface area (Å²) in [5.74, 6) is -0.236. The summed E-state index contributed by atoms with van der Waals surface area (Å²) >= 11 is 0. The smallest absolute Gasteiger partial charge is 0.387 e. The highest BCUT2D eigenvalue weighted by Gasteiger charge is 2.29. The van der Waals surface area contributed by atoms with Crippen LogP contribution >= 0.6 is 0 Å². The van der Waals surface area contributed by atoms with Crippen LogP contribution in [-0.4, -0.2) is 19.6 Å². The number of amides is 1. The Kier molecular flexibility index (Phi) is 5.39. The first-order valence-electron chi connectivity index (χ1n) is 7.34. The molecule has 0 aliphatic carbocycles. The third kappa shape index (κ3) is 4.01. The molecule has 0 aliphatic rings. The van der Waals surface area contributed by atoms with Crippen LogP contribution in [0.3, 0.4) is 0 Å². The van der Waals surface area contributed by atoms with Crippen molar-refractivity contribution in [3.8, 4) is 11.5 Å². The summed E-state index contributed by atoms with van der Waals surface area (Å²) < 4.78 is 34.3. The highest BCUT2D eigenvalue weighted by Crippen LogP contribution is 2.32. The molecule has 0 atom stereocenters. The molecule has 0 unspecified atom stereocenters. The van der Waals surface area contributed by atoms with Gasteiger partial charge in [0.05, 0.1) is 12.5 Å². The number of carbonyl (C=O) groups excluding carboxylic acids is 1. The molecule has 0 bridgehead atoms. The van der Waals surface area contributed by atoms with E-state index in [1.165, 1.54) is 19.2 Å². The first-order chi connectivity index (χ1) is 11.3. The van der Waals surface area contributed by atoms with E-state index < -0.39 is 12.0 Å². The van der Waals surface area contributed by atoms with Crippen LogP contribution in [0.1, 0.15) is 19.4 Å². The maximum absolute atomic E-state index is 12.6. The molecule has 24 heavy (non-hydrogen) atoms. The molecule has 2 aromatic rings. The van der Waals surface area contributed by atoms with Crippen LogP contribution in [0.5, 0.6) is 11.5 Å². The maximum atomic E-state index is 12.6. The molecule has 1 N–H and O–H groups in total. The standard InChI is InChI=1S/C18H19F2NO3/c1-18(2,12-7-5-4-6-8-12)16(22)21-13-9-10-14(23-3)15(11-13)24-17(19)20/h4-11,17H,1-3H3,(H,21,22). The lowest BCUT2D eigenvalue weighted by Crippen LogP contribution is -2.34. The zero-order chi connectivity index (χ0) is 17.7. The van der Waals surface area contributed by atoms with E-state index >= 15 is 0 Å². The number of hydrogen-bond acceptors (Lipinski definition) is 3. The van der Waals surface area contributed by atoms with Gasteiger partial charge in [-0.05, 0) is 31.5 Å². The molecule has 4 nitrogen and oxygen atoms in total. The van der Waals surface area contributed by atoms with Crippen molar-refractivity contribution in [2.24, 2.45) is 0 Å². The Bertz CT molecular complexity index is 703. The van der Waals surface area contributed by atoms with Crippen molar-refractivity contribution in [2.45, 2.75) is 25.9 Å². The summed E-state index contributed by atoms with van der Waals surface area (Å²) in [6.07, 6.45) is 0. The molecule has 0 fully saturated rings. The number of ether oxygens (including phenoxy) is 2. The van der Waals surface area contributed by atoms with Crippen LogP contribution in [0.25, 0.3) is 0 Å². The van der Waals surface area contributed by atoms with Gasteiger partial charge in [-0.15, -0.1) is 0 Å². The molecule has 0 spiro atoms. The van der Waals surface area contributed by atoms with Gasteiger partial charge in [0.25, 0.3) is 0 Å². The molecule has 0 saturated heterocycles. The third-order valence-electron chi connectivity index (χ3n) is 3.70. The van der Waals surface area contributed by atoms with E-state index in [4.69, 9.17) is 4.74 Å². The number of anilines is 1. The van der Waals surface area contributed by atoms with E-state index in [1.807, 2.05) is 30.3 Å². The summed E-state index contributed by atoms with van der Waals surface area (Å²) in [6, 6.07) is 13.6. The minimum atomic E-state index is -2.98. The monoisotopic (exact) mass is 335 g/mol. The van der Waals surface area contributed by atoms with Crippen molar-refractivity contribution in [1.82, 2.24) is 0 Å². The maximum Gasteiger partial charge on any atom is 0.387 e. The number of rotatable bonds is 6. The number of hydrogen-bond donors (Lipinski definition) is 1. The SMILES string of the molecule is COc1ccc(NC(=O)C(C)(C)c2ccccc2)cc1OC(F)F. The van der Waals surface area contributed by atoms with E-state index in [1.54, 1.807) is 19.9 Å². The van der Waals surface area contributed by atoms with Crippen LogP contribution in [0.15, 0.2) is 48.5 Å². The van der Waals surface area contributed by atoms with Crippen molar-refractivity contribution in [3.63, 3.8) is 0 Å². The molecule has 128 valence electrons. The molecule has 1 amide bonds. The van der Waals surface area contributed by atoms with Gasteiger partial charge in [-0.1, -0.05) is 30.3 Å². The lowest BCUT2D eigenvalue weighted by molar-refractivity contribution is -0.120. The average molecular weight is 335 g/mol. The van der Waals surface area contributed by atoms with Crippen molar-refractivity contribution in [2.75, 3.05) is 12.4 Å². The average Bonchev–Trinajstić information content (AvgIpc) is 2.55. The van der Waals surface area contributed by atoms with Gasteiger partial charge >= 0.3 is 6.61 Å². The summed E-state index contributed by atoms with van der Waals surface area (Å²) in [5.41, 5.74) is 0.408. The number of benzene rings is 2. The lowest BCUT2D eigenvalue weighted by atomic mass is 9.83. The summed E-state index contributed by atoms with van der Waals surface area (Å²) in [6.45, 7) is 0.598. The Labute approximate surface area is 139 Å². The first-order valence-corrected chi connectivity index (χ1v) is 7.34. The fourth-order valence-electron chi connectivity index (χ4n) is 2.22. The van der Waals surface area contributed by atoms with Gasteiger partial charge in [0, 0.05) is 11.8 Å². The van der Waals surface area contributed by atoms with Crippen LogP contribution in [0, 0.1) is 0 Å². The van der Waals surface area contributed by atoms with E-state index in [9.17, 15) is 13.6 Å². The third-order valence-corrected chi connectivity index (χ3v) is 3.70. The Balaban J connectivity index is 2.22. The molecule has 0 heterocycles. The zero-order valence-electron chi connectivity index (χ0n) is 13.7. The predicted molar refractivity (Wildman–Crippen MR) is 87.7 cm³/mol. The number of halogens is 2. The minimum Gasteiger partial charge on any atom is -0.493 e. The number of nitrogens with one attached hydrogen (secondary N) is 1. The number of alkyl halides is 2. The lowest BCUT2D eigenvalue weighted by Gasteiger charge is -2.24. The molecule has 6 heteroatoms. The van der Waals surface area contributed by atoms with Crippen molar-refractivity contribution in [1.29, 1.82) is 0 Å². The van der Waals surface area contributed by atoms with Crippen LogP contribution in [0.4, 0.5) is 14.5 Å². The number of methoxy groups -OCH3 is 1. The summed E-state index contributed by atoms with van der Waals surface area (Å²) in [5, 5.41) is 2.73. The molecule has 0 radical (unpaired) electrons. The second-order valence-electron chi connectivity index (χ2n) is 5.69. The Hall–Kier alpha value is -2.63. The molecule has 0 saturated carbocycles. The van der Waals surface area contributed by atoms with Crippen LogP contribution in [-0.2, 0) is 10.2 Å². The zero-order valence-corrected chi connectivity index (χ0v) is 13.7. The molecular formula is C18H19F2NO3. The van der Waals surface area contributed by atoms with Gasteiger partial charge in [-0.3, -0.25) is 4.79 Å². The van der Waals surface area contributed by atoms with E-state index in [0.717, 1.165) is 5.56 Å². The van der Waals surface area contributed by atoms with Gasteiger partial charge < -0.3 is 14.8 Å². The minimum absolute atomic E-state index is 0.136. The predicted octanol–water partition coefficient (Wildman–Crippen LogP) is 4.21. The van der Waals surface area contributed by atoms with E-state index in [0.29, 0.717) is 5.69 Å². The normalized spacial score (nSPS) is 11.2. The Morgan fingerprint density at radius 1 is 1.08 bits per heavy atom. The van der Waals surface area contributed by atoms with E-state index in [-0.39, 0.29) is 17.4 Å². The first kappa shape index (κ1) is 17.7. The van der Waals surface area contributed by atoms with Gasteiger partial charge in [0.1, 0.15) is 0 Å². The summed E-state index contributed by atoms with van der Waals surface area (Å²) in [7, 11) is 1.35. The molecule has 0 aromatic heterocycles. The highest BCUT2D eigenvalue weighted by molar-refractivity contribution is 5.98. The largest absolute Gasteiger partial charge is 0.493 e. The quantitative estimate of drug-likeness (QED) is 0.860. The molecule has 2 aromatic carbocycles. The topological polar surface area (TPSA) is 47.6 Å². The second-order valence-corrected chi connectivity index (χ2v) is 5.69. The van der Waals surface area contributed by atoms with Crippen molar-refractivity contribution < 1.29 is 23.0 Å². The van der Waals surface area contributed by atoms with Crippen molar-refractivity contribution in [3.05, 3.63) is 54.1 Å². The molecule has 2 rings (SSSR count). The van der Waals surface area contributed by atoms with Crippen molar-refractivity contribution >= 4 is 11.6 Å². The molecule has 0 aliphatic heterocycles. The van der Waals surface area contributed by atoms with Crippen LogP contribution < -0.4 is 14.8 Å². The van der Waals surface area contributed by atoms with Gasteiger partial charge in [0.2, 0.25) is 5.91 Å². The Morgan fingerprint density at radius 3 is 2.33 bits per heavy atom. The number of carbonyl (C=O) groups is 1. The molecular weight excluding hydrogens is 316 g/mol. The van der Waals surface area contributed by atoms with E-state index in [2.05, 4.69) is 10.1 Å².